The Kier molecular flexibility index (Phi) is 7.16. The summed E-state index contributed by atoms with van der Waals surface area (Å²) in [6.07, 6.45) is 4.72. The maximum absolute atomic E-state index is 14.3. The molecular weight excluding hydrogens is 429 g/mol. The number of nitrogens with zero attached hydrogens (tertiary/aromatic N) is 3. The van der Waals surface area contributed by atoms with Gasteiger partial charge in [0.2, 0.25) is 0 Å². The van der Waals surface area contributed by atoms with Gasteiger partial charge in [-0.1, -0.05) is 36.4 Å². The molecule has 5 nitrogen and oxygen atoms in total. The first-order chi connectivity index (χ1) is 16.6. The number of piperazine rings is 1. The van der Waals surface area contributed by atoms with Crippen LogP contribution in [0.1, 0.15) is 30.4 Å². The van der Waals surface area contributed by atoms with E-state index in [9.17, 15) is 9.18 Å². The van der Waals surface area contributed by atoms with E-state index >= 15 is 0 Å². The fourth-order valence-corrected chi connectivity index (χ4v) is 6.35. The van der Waals surface area contributed by atoms with Crippen molar-refractivity contribution in [2.24, 2.45) is 5.92 Å². The molecule has 5 rings (SSSR count). The van der Waals surface area contributed by atoms with Crippen LogP contribution in [0.5, 0.6) is 0 Å². The quantitative estimate of drug-likeness (QED) is 0.607. The normalized spacial score (nSPS) is 24.2. The molecule has 0 N–H and O–H groups in total. The van der Waals surface area contributed by atoms with Crippen LogP contribution in [0, 0.1) is 11.7 Å². The molecule has 6 heteroatoms. The fraction of sp³-hybridized carbons (Fsp3) is 0.536. The van der Waals surface area contributed by atoms with Crippen molar-refractivity contribution >= 4 is 11.7 Å². The molecule has 2 aromatic rings. The Hall–Kier alpha value is -2.44. The Morgan fingerprint density at radius 1 is 0.941 bits per heavy atom. The molecule has 2 saturated heterocycles. The van der Waals surface area contributed by atoms with Crippen molar-refractivity contribution < 1.29 is 13.9 Å². The van der Waals surface area contributed by atoms with E-state index in [1.165, 1.54) is 18.2 Å². The molecule has 2 atom stereocenters. The molecule has 2 aromatic carbocycles. The molecule has 2 heterocycles. The van der Waals surface area contributed by atoms with E-state index in [1.54, 1.807) is 12.1 Å². The molecule has 34 heavy (non-hydrogen) atoms. The number of hydrogen-bond donors (Lipinski definition) is 0. The third-order valence-corrected chi connectivity index (χ3v) is 8.19. The number of ether oxygens (including phenoxy) is 1. The van der Waals surface area contributed by atoms with E-state index in [1.807, 2.05) is 12.1 Å². The van der Waals surface area contributed by atoms with E-state index in [-0.39, 0.29) is 11.8 Å². The molecule has 0 aromatic heterocycles. The number of halogens is 1. The van der Waals surface area contributed by atoms with E-state index in [0.29, 0.717) is 30.1 Å². The van der Waals surface area contributed by atoms with Gasteiger partial charge in [-0.2, -0.15) is 0 Å². The number of benzene rings is 2. The van der Waals surface area contributed by atoms with Crippen molar-refractivity contribution in [2.45, 2.75) is 44.2 Å². The molecule has 0 spiro atoms. The lowest BCUT2D eigenvalue weighted by atomic mass is 9.85. The maximum atomic E-state index is 14.3. The van der Waals surface area contributed by atoms with Gasteiger partial charge in [0.05, 0.1) is 12.8 Å². The van der Waals surface area contributed by atoms with Crippen LogP contribution in [0.25, 0.3) is 0 Å². The standard InChI is InChI=1S/C28H36FN3O2/c1-34-28(33)11-10-23-20-32(24-18-21-6-2-3-7-22(21)19-24)13-12-26(23)30-14-16-31(17-15-30)27-9-5-4-8-25(27)29/h2-9,23-24,26H,10-20H2,1H3/t23-,26+/m1/s1. The van der Waals surface area contributed by atoms with Gasteiger partial charge in [0.25, 0.3) is 0 Å². The van der Waals surface area contributed by atoms with Crippen molar-refractivity contribution in [2.75, 3.05) is 51.3 Å². The number of carbonyl (C=O) groups excluding carboxylic acids is 1. The number of anilines is 1. The van der Waals surface area contributed by atoms with Crippen LogP contribution in [-0.4, -0.2) is 74.2 Å². The van der Waals surface area contributed by atoms with Crippen molar-refractivity contribution in [3.63, 3.8) is 0 Å². The first-order valence-corrected chi connectivity index (χ1v) is 12.7. The van der Waals surface area contributed by atoms with Crippen molar-refractivity contribution in [3.8, 4) is 0 Å². The molecule has 2 aliphatic heterocycles. The average Bonchev–Trinajstić information content (AvgIpc) is 3.32. The van der Waals surface area contributed by atoms with Crippen molar-refractivity contribution in [1.29, 1.82) is 0 Å². The molecule has 0 saturated carbocycles. The lowest BCUT2D eigenvalue weighted by Crippen LogP contribution is -2.58. The number of para-hydroxylation sites is 1. The summed E-state index contributed by atoms with van der Waals surface area (Å²) in [5, 5.41) is 0. The third kappa shape index (κ3) is 4.98. The van der Waals surface area contributed by atoms with Gasteiger partial charge >= 0.3 is 5.97 Å². The molecule has 2 fully saturated rings. The second-order valence-electron chi connectivity index (χ2n) is 10.0. The van der Waals surface area contributed by atoms with Gasteiger partial charge in [-0.15, -0.1) is 0 Å². The highest BCUT2D eigenvalue weighted by molar-refractivity contribution is 5.69. The van der Waals surface area contributed by atoms with Crippen LogP contribution in [0.3, 0.4) is 0 Å². The van der Waals surface area contributed by atoms with E-state index < -0.39 is 0 Å². The smallest absolute Gasteiger partial charge is 0.305 e. The summed E-state index contributed by atoms with van der Waals surface area (Å²) in [5.74, 6) is 0.183. The molecule has 0 radical (unpaired) electrons. The highest BCUT2D eigenvalue weighted by Crippen LogP contribution is 2.33. The summed E-state index contributed by atoms with van der Waals surface area (Å²) in [5.41, 5.74) is 3.69. The predicted molar refractivity (Wildman–Crippen MR) is 133 cm³/mol. The van der Waals surface area contributed by atoms with E-state index in [4.69, 9.17) is 4.74 Å². The van der Waals surface area contributed by atoms with Gasteiger partial charge in [-0.3, -0.25) is 14.6 Å². The monoisotopic (exact) mass is 465 g/mol. The van der Waals surface area contributed by atoms with Gasteiger partial charge in [0.1, 0.15) is 5.82 Å². The van der Waals surface area contributed by atoms with Crippen LogP contribution in [0.15, 0.2) is 48.5 Å². The second-order valence-corrected chi connectivity index (χ2v) is 10.0. The highest BCUT2D eigenvalue weighted by atomic mass is 19.1. The number of rotatable bonds is 6. The summed E-state index contributed by atoms with van der Waals surface area (Å²) in [6, 6.07) is 16.9. The summed E-state index contributed by atoms with van der Waals surface area (Å²) in [6.45, 7) is 5.68. The summed E-state index contributed by atoms with van der Waals surface area (Å²) >= 11 is 0. The number of carbonyl (C=O) groups is 1. The largest absolute Gasteiger partial charge is 0.469 e. The minimum Gasteiger partial charge on any atom is -0.469 e. The number of esters is 1. The molecule has 0 amide bonds. The van der Waals surface area contributed by atoms with Crippen molar-refractivity contribution in [1.82, 2.24) is 9.80 Å². The summed E-state index contributed by atoms with van der Waals surface area (Å²) < 4.78 is 19.2. The number of fused-ring (bicyclic) bond motifs is 1. The summed E-state index contributed by atoms with van der Waals surface area (Å²) in [7, 11) is 1.48. The number of methoxy groups -OCH3 is 1. The van der Waals surface area contributed by atoms with Crippen LogP contribution in [0.2, 0.25) is 0 Å². The Morgan fingerprint density at radius 3 is 2.29 bits per heavy atom. The third-order valence-electron chi connectivity index (χ3n) is 8.19. The Morgan fingerprint density at radius 2 is 1.62 bits per heavy atom. The lowest BCUT2D eigenvalue weighted by molar-refractivity contribution is -0.141. The number of hydrogen-bond acceptors (Lipinski definition) is 5. The molecule has 0 bridgehead atoms. The van der Waals surface area contributed by atoms with Gasteiger partial charge in [0, 0.05) is 51.2 Å². The van der Waals surface area contributed by atoms with Crippen LogP contribution in [-0.2, 0) is 22.4 Å². The topological polar surface area (TPSA) is 36.0 Å². The second kappa shape index (κ2) is 10.4. The minimum atomic E-state index is -0.141. The zero-order chi connectivity index (χ0) is 23.5. The van der Waals surface area contributed by atoms with E-state index in [0.717, 1.165) is 65.0 Å². The zero-order valence-electron chi connectivity index (χ0n) is 20.2. The fourth-order valence-electron chi connectivity index (χ4n) is 6.35. The van der Waals surface area contributed by atoms with Gasteiger partial charge in [-0.05, 0) is 61.4 Å². The SMILES string of the molecule is COC(=O)CC[C@@H]1CN(C2Cc3ccccc3C2)CC[C@@H]1N1CCN(c2ccccc2F)CC1. The predicted octanol–water partition coefficient (Wildman–Crippen LogP) is 3.76. The Labute approximate surface area is 202 Å². The molecule has 182 valence electrons. The number of likely N-dealkylation sites (tertiary alicyclic amines) is 1. The van der Waals surface area contributed by atoms with Crippen LogP contribution >= 0.6 is 0 Å². The first kappa shape index (κ1) is 23.3. The molecule has 3 aliphatic rings. The van der Waals surface area contributed by atoms with Gasteiger partial charge in [0.15, 0.2) is 0 Å². The number of piperidine rings is 1. The van der Waals surface area contributed by atoms with E-state index in [2.05, 4.69) is 39.0 Å². The van der Waals surface area contributed by atoms with Crippen molar-refractivity contribution in [3.05, 3.63) is 65.5 Å². The van der Waals surface area contributed by atoms with Gasteiger partial charge in [-0.25, -0.2) is 4.39 Å². The Balaban J connectivity index is 1.23. The molecule has 1 aliphatic carbocycles. The first-order valence-electron chi connectivity index (χ1n) is 12.7. The Bertz CT molecular complexity index is 966. The van der Waals surface area contributed by atoms with Crippen LogP contribution < -0.4 is 4.90 Å². The maximum Gasteiger partial charge on any atom is 0.305 e. The minimum absolute atomic E-state index is 0.117. The molecular formula is C28H36FN3O2. The lowest BCUT2D eigenvalue weighted by Gasteiger charge is -2.48. The molecule has 0 unspecified atom stereocenters. The average molecular weight is 466 g/mol. The highest BCUT2D eigenvalue weighted by Gasteiger charge is 2.38. The zero-order valence-corrected chi connectivity index (χ0v) is 20.2. The van der Waals surface area contributed by atoms with Crippen LogP contribution in [0.4, 0.5) is 10.1 Å². The summed E-state index contributed by atoms with van der Waals surface area (Å²) in [4.78, 5) is 19.4. The van der Waals surface area contributed by atoms with Gasteiger partial charge < -0.3 is 9.64 Å².